The summed E-state index contributed by atoms with van der Waals surface area (Å²) in [5.74, 6) is 1.89. The maximum absolute atomic E-state index is 12.7. The third-order valence-electron chi connectivity index (χ3n) is 5.70. The Hall–Kier alpha value is -3.20. The topological polar surface area (TPSA) is 43.4 Å². The van der Waals surface area contributed by atoms with E-state index >= 15 is 0 Å². The van der Waals surface area contributed by atoms with Gasteiger partial charge in [0.25, 0.3) is 0 Å². The van der Waals surface area contributed by atoms with Gasteiger partial charge in [-0.2, -0.15) is 0 Å². The van der Waals surface area contributed by atoms with Gasteiger partial charge in [-0.1, -0.05) is 48.5 Å². The Morgan fingerprint density at radius 3 is 2.48 bits per heavy atom. The third kappa shape index (κ3) is 4.14. The molecule has 3 aromatic rings. The number of carbonyl (C=O) groups is 2. The highest BCUT2D eigenvalue weighted by atomic mass is 16.5. The monoisotopic (exact) mass is 384 g/mol. The van der Waals surface area contributed by atoms with E-state index in [2.05, 4.69) is 6.07 Å². The molecule has 2 atom stereocenters. The smallest absolute Gasteiger partial charge is 0.159 e. The van der Waals surface area contributed by atoms with Gasteiger partial charge in [-0.3, -0.25) is 9.59 Å². The van der Waals surface area contributed by atoms with Crippen molar-refractivity contribution in [3.05, 3.63) is 95.1 Å². The van der Waals surface area contributed by atoms with Gasteiger partial charge in [0, 0.05) is 17.9 Å². The first-order chi connectivity index (χ1) is 14.0. The van der Waals surface area contributed by atoms with Crippen molar-refractivity contribution in [1.29, 1.82) is 0 Å². The van der Waals surface area contributed by atoms with E-state index in [1.807, 2.05) is 67.6 Å². The zero-order valence-electron chi connectivity index (χ0n) is 16.7. The zero-order valence-corrected chi connectivity index (χ0v) is 16.7. The molecular weight excluding hydrogens is 360 g/mol. The summed E-state index contributed by atoms with van der Waals surface area (Å²) in [7, 11) is 0. The largest absolute Gasteiger partial charge is 0.457 e. The van der Waals surface area contributed by atoms with Crippen LogP contribution in [0.4, 0.5) is 0 Å². The lowest BCUT2D eigenvalue weighted by Crippen LogP contribution is -2.05. The molecule has 0 amide bonds. The normalized spacial score (nSPS) is 18.6. The standard InChI is InChI=1S/C26H24O3/c1-17-7-3-4-12-26(17)29-23-11-6-9-20(14-23)22-15-24(25(28)16-22)21-10-5-8-19(13-21)18(2)27/h3-14,22,24H,15-16H2,1-2H3. The predicted octanol–water partition coefficient (Wildman–Crippen LogP) is 6.22. The summed E-state index contributed by atoms with van der Waals surface area (Å²) >= 11 is 0. The van der Waals surface area contributed by atoms with Crippen molar-refractivity contribution in [3.8, 4) is 11.5 Å². The van der Waals surface area contributed by atoms with Crippen LogP contribution in [0.5, 0.6) is 11.5 Å². The number of hydrogen-bond acceptors (Lipinski definition) is 3. The van der Waals surface area contributed by atoms with E-state index in [4.69, 9.17) is 4.74 Å². The maximum Gasteiger partial charge on any atom is 0.159 e. The van der Waals surface area contributed by atoms with Crippen LogP contribution < -0.4 is 4.74 Å². The molecule has 0 aliphatic heterocycles. The number of Topliss-reactive ketones (excluding diaryl/α,β-unsaturated/α-hetero) is 2. The summed E-state index contributed by atoms with van der Waals surface area (Å²) in [5, 5.41) is 0. The maximum atomic E-state index is 12.7. The highest BCUT2D eigenvalue weighted by Crippen LogP contribution is 2.42. The zero-order chi connectivity index (χ0) is 20.4. The molecule has 0 saturated heterocycles. The average molecular weight is 384 g/mol. The Kier molecular flexibility index (Phi) is 5.30. The minimum absolute atomic E-state index is 0.0231. The lowest BCUT2D eigenvalue weighted by atomic mass is 9.91. The molecule has 2 unspecified atom stereocenters. The average Bonchev–Trinajstić information content (AvgIpc) is 3.12. The van der Waals surface area contributed by atoms with Gasteiger partial charge >= 0.3 is 0 Å². The summed E-state index contributed by atoms with van der Waals surface area (Å²) in [6.45, 7) is 3.58. The fraction of sp³-hybridized carbons (Fsp3) is 0.231. The number of benzene rings is 3. The van der Waals surface area contributed by atoms with Gasteiger partial charge in [0.1, 0.15) is 17.3 Å². The van der Waals surface area contributed by atoms with Crippen molar-refractivity contribution in [2.45, 2.75) is 38.5 Å². The van der Waals surface area contributed by atoms with Gasteiger partial charge < -0.3 is 4.74 Å². The molecule has 3 aromatic carbocycles. The van der Waals surface area contributed by atoms with Crippen LogP contribution in [0.15, 0.2) is 72.8 Å². The van der Waals surface area contributed by atoms with Crippen molar-refractivity contribution < 1.29 is 14.3 Å². The van der Waals surface area contributed by atoms with Crippen molar-refractivity contribution in [2.24, 2.45) is 0 Å². The van der Waals surface area contributed by atoms with Gasteiger partial charge in [0.15, 0.2) is 5.78 Å². The van der Waals surface area contributed by atoms with Crippen LogP contribution in [-0.4, -0.2) is 11.6 Å². The molecule has 3 nitrogen and oxygen atoms in total. The van der Waals surface area contributed by atoms with Gasteiger partial charge in [-0.15, -0.1) is 0 Å². The predicted molar refractivity (Wildman–Crippen MR) is 114 cm³/mol. The van der Waals surface area contributed by atoms with Crippen LogP contribution in [0.3, 0.4) is 0 Å². The van der Waals surface area contributed by atoms with Gasteiger partial charge in [-0.05, 0) is 67.1 Å². The Morgan fingerprint density at radius 2 is 1.69 bits per heavy atom. The van der Waals surface area contributed by atoms with Gasteiger partial charge in [-0.25, -0.2) is 0 Å². The molecule has 146 valence electrons. The van der Waals surface area contributed by atoms with Crippen molar-refractivity contribution in [1.82, 2.24) is 0 Å². The Bertz CT molecular complexity index is 1070. The molecule has 0 heterocycles. The molecule has 0 spiro atoms. The molecule has 3 heteroatoms. The summed E-state index contributed by atoms with van der Waals surface area (Å²) in [4.78, 5) is 24.4. The molecule has 0 radical (unpaired) electrons. The Labute approximate surface area is 171 Å². The molecule has 1 saturated carbocycles. The minimum atomic E-state index is -0.153. The van der Waals surface area contributed by atoms with E-state index in [1.165, 1.54) is 0 Å². The second-order valence-electron chi connectivity index (χ2n) is 7.78. The molecule has 4 rings (SSSR count). The molecule has 1 aliphatic carbocycles. The summed E-state index contributed by atoms with van der Waals surface area (Å²) in [6, 6.07) is 23.4. The summed E-state index contributed by atoms with van der Waals surface area (Å²) < 4.78 is 6.07. The van der Waals surface area contributed by atoms with Crippen LogP contribution in [-0.2, 0) is 4.79 Å². The highest BCUT2D eigenvalue weighted by molar-refractivity contribution is 5.95. The minimum Gasteiger partial charge on any atom is -0.457 e. The van der Waals surface area contributed by atoms with Crippen LogP contribution in [0.25, 0.3) is 0 Å². The fourth-order valence-electron chi connectivity index (χ4n) is 4.06. The number of para-hydroxylation sites is 1. The first-order valence-corrected chi connectivity index (χ1v) is 9.98. The van der Waals surface area contributed by atoms with Gasteiger partial charge in [0.2, 0.25) is 0 Å². The molecule has 29 heavy (non-hydrogen) atoms. The molecule has 1 aliphatic rings. The molecular formula is C26H24O3. The number of ether oxygens (including phenoxy) is 1. The molecule has 0 aromatic heterocycles. The fourth-order valence-corrected chi connectivity index (χ4v) is 4.06. The quantitative estimate of drug-likeness (QED) is 0.490. The number of aryl methyl sites for hydroxylation is 1. The van der Waals surface area contributed by atoms with E-state index in [9.17, 15) is 9.59 Å². The van der Waals surface area contributed by atoms with Crippen molar-refractivity contribution in [2.75, 3.05) is 0 Å². The first-order valence-electron chi connectivity index (χ1n) is 9.98. The van der Waals surface area contributed by atoms with E-state index in [-0.39, 0.29) is 23.4 Å². The highest BCUT2D eigenvalue weighted by Gasteiger charge is 2.34. The van der Waals surface area contributed by atoms with Crippen LogP contribution >= 0.6 is 0 Å². The van der Waals surface area contributed by atoms with E-state index in [0.29, 0.717) is 12.0 Å². The second-order valence-corrected chi connectivity index (χ2v) is 7.78. The van der Waals surface area contributed by atoms with Crippen LogP contribution in [0, 0.1) is 6.92 Å². The molecule has 0 N–H and O–H groups in total. The first kappa shape index (κ1) is 19.1. The van der Waals surface area contributed by atoms with E-state index in [1.54, 1.807) is 13.0 Å². The second kappa shape index (κ2) is 8.04. The third-order valence-corrected chi connectivity index (χ3v) is 5.70. The van der Waals surface area contributed by atoms with Crippen molar-refractivity contribution in [3.63, 3.8) is 0 Å². The van der Waals surface area contributed by atoms with Crippen LogP contribution in [0.2, 0.25) is 0 Å². The lowest BCUT2D eigenvalue weighted by molar-refractivity contribution is -0.118. The summed E-state index contributed by atoms with van der Waals surface area (Å²) in [5.41, 5.74) is 3.80. The molecule has 0 bridgehead atoms. The molecule has 1 fully saturated rings. The Morgan fingerprint density at radius 1 is 0.931 bits per heavy atom. The van der Waals surface area contributed by atoms with Crippen molar-refractivity contribution >= 4 is 11.6 Å². The number of rotatable bonds is 5. The SMILES string of the molecule is CC(=O)c1cccc(C2CC(c3cccc(Oc4ccccc4C)c3)CC2=O)c1. The van der Waals surface area contributed by atoms with Crippen LogP contribution in [0.1, 0.15) is 58.6 Å². The lowest BCUT2D eigenvalue weighted by Gasteiger charge is -2.14. The van der Waals surface area contributed by atoms with E-state index in [0.717, 1.165) is 34.6 Å². The number of ketones is 2. The van der Waals surface area contributed by atoms with Gasteiger partial charge in [0.05, 0.1) is 0 Å². The number of carbonyl (C=O) groups excluding carboxylic acids is 2. The Balaban J connectivity index is 1.54. The summed E-state index contributed by atoms with van der Waals surface area (Å²) in [6.07, 6.45) is 1.27. The number of hydrogen-bond donors (Lipinski definition) is 0. The van der Waals surface area contributed by atoms with E-state index < -0.39 is 0 Å².